The summed E-state index contributed by atoms with van der Waals surface area (Å²) in [4.78, 5) is 28.7. The van der Waals surface area contributed by atoms with Crippen molar-refractivity contribution in [1.29, 1.82) is 10.5 Å². The molecule has 0 radical (unpaired) electrons. The van der Waals surface area contributed by atoms with Crippen LogP contribution in [0.15, 0.2) is 32.8 Å². The Kier molecular flexibility index (Phi) is 4.48. The molecule has 1 fully saturated rings. The average Bonchev–Trinajstić information content (AvgIpc) is 2.93. The van der Waals surface area contributed by atoms with Gasteiger partial charge in [0.15, 0.2) is 11.2 Å². The Morgan fingerprint density at radius 2 is 1.82 bits per heavy atom. The smallest absolute Gasteiger partial charge is 0.386 e. The second kappa shape index (κ2) is 6.43. The molecule has 144 valence electrons. The van der Waals surface area contributed by atoms with Crippen molar-refractivity contribution in [2.75, 3.05) is 0 Å². The molecule has 0 spiro atoms. The van der Waals surface area contributed by atoms with Gasteiger partial charge in [-0.3, -0.25) is 4.79 Å². The monoisotopic (exact) mass is 398 g/mol. The number of hydrogen-bond acceptors (Lipinski definition) is 10. The van der Waals surface area contributed by atoms with E-state index >= 15 is 0 Å². The summed E-state index contributed by atoms with van der Waals surface area (Å²) in [5, 5.41) is 29.6. The van der Waals surface area contributed by atoms with Crippen molar-refractivity contribution in [3.63, 3.8) is 0 Å². The van der Waals surface area contributed by atoms with Crippen LogP contribution in [0.1, 0.15) is 37.4 Å². The number of nitriles is 2. The molecule has 0 saturated heterocycles. The maximum Gasteiger partial charge on any atom is 0.421 e. The van der Waals surface area contributed by atoms with E-state index < -0.39 is 28.4 Å². The highest BCUT2D eigenvalue weighted by Crippen LogP contribution is 2.78. The highest BCUT2D eigenvalue weighted by Gasteiger charge is 2.97. The number of nitrogens with zero attached hydrogens (tertiary/aromatic N) is 5. The molecule has 1 aromatic heterocycles. The fraction of sp³-hybridized carbons (Fsp3) is 0.444. The van der Waals surface area contributed by atoms with Crippen LogP contribution in [0.2, 0.25) is 0 Å². The Hall–Kier alpha value is -3.24. The van der Waals surface area contributed by atoms with Gasteiger partial charge in [-0.2, -0.15) is 15.5 Å². The lowest BCUT2D eigenvalue weighted by Gasteiger charge is -2.27. The standard InChI is InChI=1S/C18H18N6O3S/c1-10(2)23-26-18(27-24-11(3)4)17(9-20)14(13(25)12-6-5-7-28-12)16(17,8-19)15(21)22-18/h5-7,14H,1-4H3,(H2,21,22)/t14-,16+,17-/m0/s1. The first-order valence-electron chi connectivity index (χ1n) is 8.37. The molecule has 0 unspecified atom stereocenters. The van der Waals surface area contributed by atoms with E-state index in [1.807, 2.05) is 12.1 Å². The summed E-state index contributed by atoms with van der Waals surface area (Å²) < 4.78 is 0. The van der Waals surface area contributed by atoms with Gasteiger partial charge < -0.3 is 15.4 Å². The third-order valence-electron chi connectivity index (χ3n) is 4.66. The summed E-state index contributed by atoms with van der Waals surface area (Å²) in [7, 11) is 0. The van der Waals surface area contributed by atoms with E-state index in [-0.39, 0.29) is 5.84 Å². The maximum atomic E-state index is 13.1. The summed E-state index contributed by atoms with van der Waals surface area (Å²) in [6, 6.07) is 7.40. The van der Waals surface area contributed by atoms with Crippen molar-refractivity contribution in [2.45, 2.75) is 33.6 Å². The number of thiophene rings is 1. The van der Waals surface area contributed by atoms with E-state index in [0.717, 1.165) is 0 Å². The molecule has 1 saturated carbocycles. The van der Waals surface area contributed by atoms with E-state index in [2.05, 4.69) is 15.3 Å². The summed E-state index contributed by atoms with van der Waals surface area (Å²) >= 11 is 1.21. The van der Waals surface area contributed by atoms with Crippen LogP contribution in [0, 0.1) is 39.4 Å². The minimum atomic E-state index is -2.15. The molecule has 1 aliphatic heterocycles. The molecule has 10 heteroatoms. The largest absolute Gasteiger partial charge is 0.421 e. The molecule has 3 rings (SSSR count). The van der Waals surface area contributed by atoms with E-state index in [1.165, 1.54) is 11.3 Å². The number of amidine groups is 1. The normalized spacial score (nSPS) is 28.6. The minimum Gasteiger partial charge on any atom is -0.386 e. The van der Waals surface area contributed by atoms with Crippen molar-refractivity contribution in [2.24, 2.45) is 37.8 Å². The van der Waals surface area contributed by atoms with Gasteiger partial charge in [-0.05, 0) is 39.1 Å². The number of ketones is 1. The van der Waals surface area contributed by atoms with E-state index in [9.17, 15) is 15.3 Å². The molecule has 1 aliphatic carbocycles. The predicted octanol–water partition coefficient (Wildman–Crippen LogP) is 2.43. The Morgan fingerprint density at radius 3 is 2.25 bits per heavy atom. The Bertz CT molecular complexity index is 972. The quantitative estimate of drug-likeness (QED) is 0.337. The van der Waals surface area contributed by atoms with Gasteiger partial charge in [0.2, 0.25) is 5.41 Å². The van der Waals surface area contributed by atoms with Gasteiger partial charge in [0.05, 0.1) is 34.4 Å². The van der Waals surface area contributed by atoms with Crippen LogP contribution in [0.25, 0.3) is 0 Å². The van der Waals surface area contributed by atoms with E-state index in [4.69, 9.17) is 15.4 Å². The first-order chi connectivity index (χ1) is 13.2. The van der Waals surface area contributed by atoms with E-state index in [0.29, 0.717) is 16.3 Å². The highest BCUT2D eigenvalue weighted by atomic mass is 32.1. The van der Waals surface area contributed by atoms with Crippen molar-refractivity contribution < 1.29 is 14.5 Å². The topological polar surface area (TPSA) is 146 Å². The molecule has 0 amide bonds. The average molecular weight is 398 g/mol. The SMILES string of the molecule is CC(C)=NOC1(ON=C(C)C)N=C(N)[C@@]2(C#N)[C@H](C(=O)c3cccs3)[C@]12C#N. The maximum absolute atomic E-state index is 13.1. The number of fused-ring (bicyclic) bond motifs is 1. The molecule has 3 atom stereocenters. The first kappa shape index (κ1) is 19.5. The number of rotatable bonds is 6. The van der Waals surface area contributed by atoms with Gasteiger partial charge in [0, 0.05) is 0 Å². The number of aliphatic imine (C=N–C) groups is 1. The zero-order chi connectivity index (χ0) is 20.7. The van der Waals surface area contributed by atoms with Crippen LogP contribution in [-0.2, 0) is 9.68 Å². The highest BCUT2D eigenvalue weighted by molar-refractivity contribution is 7.12. The summed E-state index contributed by atoms with van der Waals surface area (Å²) in [5.41, 5.74) is 3.59. The Balaban J connectivity index is 2.20. The zero-order valence-corrected chi connectivity index (χ0v) is 16.6. The fourth-order valence-corrected chi connectivity index (χ4v) is 4.18. The van der Waals surface area contributed by atoms with Gasteiger partial charge >= 0.3 is 5.91 Å². The summed E-state index contributed by atoms with van der Waals surface area (Å²) in [6.07, 6.45) is 0. The first-order valence-corrected chi connectivity index (χ1v) is 9.25. The lowest BCUT2D eigenvalue weighted by Crippen LogP contribution is -2.42. The third-order valence-corrected chi connectivity index (χ3v) is 5.54. The molecule has 2 N–H and O–H groups in total. The van der Waals surface area contributed by atoms with Gasteiger partial charge in [0.1, 0.15) is 5.84 Å². The van der Waals surface area contributed by atoms with Crippen molar-refractivity contribution in [3.05, 3.63) is 22.4 Å². The molecule has 0 aromatic carbocycles. The van der Waals surface area contributed by atoms with E-state index in [1.54, 1.807) is 45.2 Å². The van der Waals surface area contributed by atoms with Gasteiger partial charge in [-0.15, -0.1) is 11.3 Å². The lowest BCUT2D eigenvalue weighted by molar-refractivity contribution is -0.262. The van der Waals surface area contributed by atoms with Crippen LogP contribution in [0.4, 0.5) is 0 Å². The fourth-order valence-electron chi connectivity index (χ4n) is 3.49. The number of nitrogens with two attached hydrogens (primary N) is 1. The van der Waals surface area contributed by atoms with Crippen LogP contribution in [0.3, 0.4) is 0 Å². The van der Waals surface area contributed by atoms with Gasteiger partial charge in [0.25, 0.3) is 0 Å². The molecule has 2 heterocycles. The third kappa shape index (κ3) is 2.28. The zero-order valence-electron chi connectivity index (χ0n) is 15.8. The minimum absolute atomic E-state index is 0.209. The molecular weight excluding hydrogens is 380 g/mol. The number of carbonyl (C=O) groups excluding carboxylic acids is 1. The second-order valence-corrected chi connectivity index (χ2v) is 7.90. The summed E-state index contributed by atoms with van der Waals surface area (Å²) in [6.45, 7) is 6.67. The van der Waals surface area contributed by atoms with Crippen molar-refractivity contribution in [3.8, 4) is 12.1 Å². The van der Waals surface area contributed by atoms with Crippen molar-refractivity contribution in [1.82, 2.24) is 0 Å². The molecular formula is C18H18N6O3S. The number of carbonyl (C=O) groups is 1. The lowest BCUT2D eigenvalue weighted by atomic mass is 9.94. The molecule has 2 aliphatic rings. The van der Waals surface area contributed by atoms with Crippen LogP contribution in [0.5, 0.6) is 0 Å². The number of hydrogen-bond donors (Lipinski definition) is 1. The number of oxime groups is 2. The number of Topliss-reactive ketones (excluding diaryl/α,β-unsaturated/α-hetero) is 1. The van der Waals surface area contributed by atoms with Crippen LogP contribution in [-0.4, -0.2) is 29.0 Å². The summed E-state index contributed by atoms with van der Waals surface area (Å²) in [5.74, 6) is -3.87. The molecule has 0 bridgehead atoms. The van der Waals surface area contributed by atoms with Gasteiger partial charge in [-0.25, -0.2) is 0 Å². The Labute approximate surface area is 165 Å². The molecule has 9 nitrogen and oxygen atoms in total. The van der Waals surface area contributed by atoms with Gasteiger partial charge in [-0.1, -0.05) is 16.4 Å². The van der Waals surface area contributed by atoms with Crippen LogP contribution >= 0.6 is 11.3 Å². The van der Waals surface area contributed by atoms with Crippen molar-refractivity contribution >= 4 is 34.4 Å². The predicted molar refractivity (Wildman–Crippen MR) is 102 cm³/mol. The molecule has 28 heavy (non-hydrogen) atoms. The molecule has 1 aromatic rings. The van der Waals surface area contributed by atoms with Crippen LogP contribution < -0.4 is 5.73 Å². The second-order valence-electron chi connectivity index (χ2n) is 6.95. The Morgan fingerprint density at radius 1 is 1.21 bits per heavy atom.